The number of hydrogen-bond acceptors (Lipinski definition) is 2. The third-order valence-corrected chi connectivity index (χ3v) is 5.85. The van der Waals surface area contributed by atoms with E-state index in [1.807, 2.05) is 24.3 Å². The van der Waals surface area contributed by atoms with Crippen molar-refractivity contribution in [1.29, 1.82) is 0 Å². The first-order valence-corrected chi connectivity index (χ1v) is 10.4. The molecule has 1 aliphatic heterocycles. The van der Waals surface area contributed by atoms with Crippen LogP contribution in [0.15, 0.2) is 77.3 Å². The van der Waals surface area contributed by atoms with Crippen LogP contribution in [-0.4, -0.2) is 11.5 Å². The highest BCUT2D eigenvalue weighted by Crippen LogP contribution is 2.35. The summed E-state index contributed by atoms with van der Waals surface area (Å²) in [5, 5.41) is 4.98. The molecule has 1 aliphatic rings. The van der Waals surface area contributed by atoms with E-state index in [2.05, 4.69) is 74.8 Å². The SMILES string of the molecule is Brc1ccc2[nH]c3c(c2c1)CCNC3c1cccc(OCc2ccccc2)c1. The van der Waals surface area contributed by atoms with Crippen molar-refractivity contribution in [2.45, 2.75) is 19.1 Å². The van der Waals surface area contributed by atoms with Gasteiger partial charge >= 0.3 is 0 Å². The molecule has 0 spiro atoms. The lowest BCUT2D eigenvalue weighted by Gasteiger charge is -2.25. The van der Waals surface area contributed by atoms with Gasteiger partial charge in [0.2, 0.25) is 0 Å². The van der Waals surface area contributed by atoms with Crippen molar-refractivity contribution < 1.29 is 4.74 Å². The number of halogens is 1. The number of hydrogen-bond donors (Lipinski definition) is 2. The summed E-state index contributed by atoms with van der Waals surface area (Å²) >= 11 is 3.60. The Balaban J connectivity index is 1.45. The van der Waals surface area contributed by atoms with Crippen LogP contribution in [0.5, 0.6) is 5.75 Å². The predicted molar refractivity (Wildman–Crippen MR) is 117 cm³/mol. The first-order chi connectivity index (χ1) is 13.8. The van der Waals surface area contributed by atoms with E-state index in [-0.39, 0.29) is 6.04 Å². The second-order valence-corrected chi connectivity index (χ2v) is 8.11. The van der Waals surface area contributed by atoms with Crippen molar-refractivity contribution >= 4 is 26.8 Å². The Bertz CT molecular complexity index is 1120. The Morgan fingerprint density at radius 3 is 2.75 bits per heavy atom. The maximum atomic E-state index is 6.04. The van der Waals surface area contributed by atoms with Crippen LogP contribution in [0, 0.1) is 0 Å². The molecule has 1 atom stereocenters. The van der Waals surface area contributed by atoms with Crippen molar-refractivity contribution in [3.8, 4) is 5.75 Å². The van der Waals surface area contributed by atoms with E-state index >= 15 is 0 Å². The van der Waals surface area contributed by atoms with Crippen molar-refractivity contribution in [2.75, 3.05) is 6.54 Å². The molecule has 1 unspecified atom stereocenters. The first-order valence-electron chi connectivity index (χ1n) is 9.58. The van der Waals surface area contributed by atoms with Gasteiger partial charge in [-0.25, -0.2) is 0 Å². The van der Waals surface area contributed by atoms with Gasteiger partial charge < -0.3 is 15.0 Å². The molecule has 4 heteroatoms. The summed E-state index contributed by atoms with van der Waals surface area (Å²) in [6.07, 6.45) is 1.03. The van der Waals surface area contributed by atoms with Crippen LogP contribution >= 0.6 is 15.9 Å². The third-order valence-electron chi connectivity index (χ3n) is 5.35. The summed E-state index contributed by atoms with van der Waals surface area (Å²) in [7, 11) is 0. The van der Waals surface area contributed by atoms with E-state index < -0.39 is 0 Å². The highest BCUT2D eigenvalue weighted by Gasteiger charge is 2.25. The van der Waals surface area contributed by atoms with E-state index in [1.165, 1.54) is 33.3 Å². The van der Waals surface area contributed by atoms with E-state index in [1.54, 1.807) is 0 Å². The minimum absolute atomic E-state index is 0.148. The molecule has 3 nitrogen and oxygen atoms in total. The average molecular weight is 433 g/mol. The van der Waals surface area contributed by atoms with Gasteiger partial charge in [0.15, 0.2) is 0 Å². The van der Waals surface area contributed by atoms with Crippen LogP contribution < -0.4 is 10.1 Å². The van der Waals surface area contributed by atoms with E-state index in [0.717, 1.165) is 23.2 Å². The molecule has 5 rings (SSSR count). The summed E-state index contributed by atoms with van der Waals surface area (Å²) in [6, 6.07) is 25.3. The largest absolute Gasteiger partial charge is 0.489 e. The highest BCUT2D eigenvalue weighted by atomic mass is 79.9. The molecule has 0 amide bonds. The number of nitrogens with one attached hydrogen (secondary N) is 2. The summed E-state index contributed by atoms with van der Waals surface area (Å²) < 4.78 is 7.16. The Labute approximate surface area is 172 Å². The molecular weight excluding hydrogens is 412 g/mol. The molecule has 0 saturated carbocycles. The predicted octanol–water partition coefficient (Wildman–Crippen LogP) is 5.74. The monoisotopic (exact) mass is 432 g/mol. The highest BCUT2D eigenvalue weighted by molar-refractivity contribution is 9.10. The van der Waals surface area contributed by atoms with Crippen LogP contribution in [0.4, 0.5) is 0 Å². The molecule has 2 heterocycles. The second-order valence-electron chi connectivity index (χ2n) is 7.19. The van der Waals surface area contributed by atoms with Gasteiger partial charge in [-0.2, -0.15) is 0 Å². The van der Waals surface area contributed by atoms with Crippen molar-refractivity contribution in [3.05, 3.63) is 99.7 Å². The molecule has 28 heavy (non-hydrogen) atoms. The summed E-state index contributed by atoms with van der Waals surface area (Å²) in [6.45, 7) is 1.54. The van der Waals surface area contributed by atoms with Crippen LogP contribution in [0.25, 0.3) is 10.9 Å². The molecule has 140 valence electrons. The van der Waals surface area contributed by atoms with Gasteiger partial charge in [0.05, 0.1) is 6.04 Å². The zero-order valence-corrected chi connectivity index (χ0v) is 17.0. The van der Waals surface area contributed by atoms with E-state index in [0.29, 0.717) is 6.61 Å². The molecular formula is C24H21BrN2O. The molecule has 0 aliphatic carbocycles. The fourth-order valence-electron chi connectivity index (χ4n) is 4.01. The summed E-state index contributed by atoms with van der Waals surface area (Å²) in [4.78, 5) is 3.64. The molecule has 4 aromatic rings. The molecule has 0 bridgehead atoms. The Morgan fingerprint density at radius 1 is 0.964 bits per heavy atom. The Hall–Kier alpha value is -2.56. The van der Waals surface area contributed by atoms with Gasteiger partial charge in [-0.05, 0) is 53.4 Å². The van der Waals surface area contributed by atoms with E-state index in [4.69, 9.17) is 4.74 Å². The van der Waals surface area contributed by atoms with Gasteiger partial charge in [-0.3, -0.25) is 0 Å². The number of rotatable bonds is 4. The maximum Gasteiger partial charge on any atom is 0.120 e. The van der Waals surface area contributed by atoms with Gasteiger partial charge in [0, 0.05) is 27.6 Å². The lowest BCUT2D eigenvalue weighted by atomic mass is 9.94. The normalized spacial score (nSPS) is 16.1. The molecule has 2 N–H and O–H groups in total. The number of aromatic nitrogens is 1. The van der Waals surface area contributed by atoms with E-state index in [9.17, 15) is 0 Å². The van der Waals surface area contributed by atoms with Crippen LogP contribution in [-0.2, 0) is 13.0 Å². The van der Waals surface area contributed by atoms with Gasteiger partial charge in [-0.15, -0.1) is 0 Å². The Kier molecular flexibility index (Phi) is 4.67. The quantitative estimate of drug-likeness (QED) is 0.431. The second kappa shape index (κ2) is 7.46. The van der Waals surface area contributed by atoms with Crippen LogP contribution in [0.2, 0.25) is 0 Å². The molecule has 0 radical (unpaired) electrons. The average Bonchev–Trinajstić information content (AvgIpc) is 3.11. The maximum absolute atomic E-state index is 6.04. The lowest BCUT2D eigenvalue weighted by Crippen LogP contribution is -2.30. The minimum atomic E-state index is 0.148. The first kappa shape index (κ1) is 17.5. The number of fused-ring (bicyclic) bond motifs is 3. The molecule has 0 saturated heterocycles. The summed E-state index contributed by atoms with van der Waals surface area (Å²) in [5.74, 6) is 0.897. The Morgan fingerprint density at radius 2 is 1.86 bits per heavy atom. The third kappa shape index (κ3) is 3.34. The molecule has 1 aromatic heterocycles. The zero-order chi connectivity index (χ0) is 18.9. The fourth-order valence-corrected chi connectivity index (χ4v) is 4.37. The zero-order valence-electron chi connectivity index (χ0n) is 15.4. The number of aromatic amines is 1. The van der Waals surface area contributed by atoms with Gasteiger partial charge in [0.25, 0.3) is 0 Å². The van der Waals surface area contributed by atoms with Crippen LogP contribution in [0.1, 0.15) is 28.4 Å². The molecule has 3 aromatic carbocycles. The van der Waals surface area contributed by atoms with Gasteiger partial charge in [0.1, 0.15) is 12.4 Å². The lowest BCUT2D eigenvalue weighted by molar-refractivity contribution is 0.305. The number of benzene rings is 3. The van der Waals surface area contributed by atoms with Crippen molar-refractivity contribution in [1.82, 2.24) is 10.3 Å². The smallest absolute Gasteiger partial charge is 0.120 e. The topological polar surface area (TPSA) is 37.0 Å². The number of H-pyrrole nitrogens is 1. The number of ether oxygens (including phenoxy) is 1. The standard InChI is InChI=1S/C24H21BrN2O/c25-18-9-10-22-21(14-18)20-11-12-26-23(24(20)27-22)17-7-4-8-19(13-17)28-15-16-5-2-1-3-6-16/h1-10,13-14,23,26-27H,11-12,15H2. The van der Waals surface area contributed by atoms with Crippen molar-refractivity contribution in [2.24, 2.45) is 0 Å². The fraction of sp³-hybridized carbons (Fsp3) is 0.167. The van der Waals surface area contributed by atoms with Crippen LogP contribution in [0.3, 0.4) is 0 Å². The van der Waals surface area contributed by atoms with Crippen molar-refractivity contribution in [3.63, 3.8) is 0 Å². The van der Waals surface area contributed by atoms with Gasteiger partial charge in [-0.1, -0.05) is 58.4 Å². The minimum Gasteiger partial charge on any atom is -0.489 e. The summed E-state index contributed by atoms with van der Waals surface area (Å²) in [5.41, 5.74) is 6.26. The molecule has 0 fully saturated rings.